The van der Waals surface area contributed by atoms with E-state index < -0.39 is 0 Å². The summed E-state index contributed by atoms with van der Waals surface area (Å²) in [7, 11) is 1.95. The number of carbonyl (C=O) groups excluding carboxylic acids is 1. The monoisotopic (exact) mass is 401 g/mol. The molecule has 0 saturated heterocycles. The Balaban J connectivity index is 0.00000156. The van der Waals surface area contributed by atoms with Crippen LogP contribution < -0.4 is 11.1 Å². The first-order valence-corrected chi connectivity index (χ1v) is 8.34. The Morgan fingerprint density at radius 1 is 1.32 bits per heavy atom. The van der Waals surface area contributed by atoms with Crippen LogP contribution in [0.2, 0.25) is 0 Å². The average Bonchev–Trinajstić information content (AvgIpc) is 3.13. The van der Waals surface area contributed by atoms with Gasteiger partial charge >= 0.3 is 0 Å². The van der Waals surface area contributed by atoms with Gasteiger partial charge < -0.3 is 15.6 Å². The number of nitrogens with two attached hydrogens (primary N) is 1. The molecule has 1 aromatic carbocycles. The van der Waals surface area contributed by atoms with Gasteiger partial charge in [-0.05, 0) is 25.6 Å². The molecule has 6 nitrogen and oxygen atoms in total. The molecule has 25 heavy (non-hydrogen) atoms. The highest BCUT2D eigenvalue weighted by molar-refractivity contribution is 7.09. The van der Waals surface area contributed by atoms with E-state index >= 15 is 0 Å². The number of nitrogens with one attached hydrogen (secondary N) is 1. The Labute approximate surface area is 162 Å². The van der Waals surface area contributed by atoms with Crippen LogP contribution >= 0.6 is 36.2 Å². The first-order chi connectivity index (χ1) is 11.1. The van der Waals surface area contributed by atoms with Crippen LogP contribution in [0.5, 0.6) is 0 Å². The summed E-state index contributed by atoms with van der Waals surface area (Å²) < 4.78 is 2.00. The Hall–Kier alpha value is -1.67. The number of fused-ring (bicyclic) bond motifs is 1. The quantitative estimate of drug-likeness (QED) is 0.687. The van der Waals surface area contributed by atoms with Crippen molar-refractivity contribution >= 4 is 53.1 Å². The molecule has 1 unspecified atom stereocenters. The summed E-state index contributed by atoms with van der Waals surface area (Å²) in [6, 6.07) is 7.70. The highest BCUT2D eigenvalue weighted by atomic mass is 35.5. The van der Waals surface area contributed by atoms with Crippen molar-refractivity contribution in [1.82, 2.24) is 19.9 Å². The normalized spacial score (nSPS) is 11.5. The van der Waals surface area contributed by atoms with E-state index in [-0.39, 0.29) is 36.8 Å². The second-order valence-electron chi connectivity index (χ2n) is 5.38. The van der Waals surface area contributed by atoms with Gasteiger partial charge in [0.25, 0.3) is 5.91 Å². The molecule has 2 aromatic heterocycles. The molecule has 3 rings (SSSR count). The van der Waals surface area contributed by atoms with E-state index in [1.165, 1.54) is 11.3 Å². The summed E-state index contributed by atoms with van der Waals surface area (Å²) in [5, 5.41) is 5.61. The van der Waals surface area contributed by atoms with Gasteiger partial charge in [-0.3, -0.25) is 4.79 Å². The molecular weight excluding hydrogens is 381 g/mol. The zero-order chi connectivity index (χ0) is 16.4. The summed E-state index contributed by atoms with van der Waals surface area (Å²) in [6.07, 6.45) is 0.693. The molecule has 0 fully saturated rings. The maximum absolute atomic E-state index is 12.3. The number of benzene rings is 1. The van der Waals surface area contributed by atoms with Gasteiger partial charge in [0, 0.05) is 18.8 Å². The van der Waals surface area contributed by atoms with E-state index in [1.807, 2.05) is 42.8 Å². The zero-order valence-corrected chi connectivity index (χ0v) is 16.4. The fourth-order valence-corrected chi connectivity index (χ4v) is 3.33. The highest BCUT2D eigenvalue weighted by Gasteiger charge is 2.18. The van der Waals surface area contributed by atoms with Crippen molar-refractivity contribution in [3.63, 3.8) is 0 Å². The standard InChI is InChI=1S/C16H19N5OS.2ClH/c1-10(15-20-11-5-3-4-6-13(11)21(15)2)18-16(22)12-9-23-14(19-12)7-8-17;;/h3-6,9-10H,7-8,17H2,1-2H3,(H,18,22);2*1H. The summed E-state index contributed by atoms with van der Waals surface area (Å²) in [5.74, 6) is 0.626. The number of carbonyl (C=O) groups is 1. The Morgan fingerprint density at radius 3 is 2.72 bits per heavy atom. The van der Waals surface area contributed by atoms with Gasteiger partial charge in [0.05, 0.1) is 22.1 Å². The number of nitrogens with zero attached hydrogens (tertiary/aromatic N) is 3. The van der Waals surface area contributed by atoms with Gasteiger partial charge in [0.2, 0.25) is 0 Å². The summed E-state index contributed by atoms with van der Waals surface area (Å²) in [6.45, 7) is 2.46. The molecule has 1 amide bonds. The Morgan fingerprint density at radius 2 is 2.04 bits per heavy atom. The molecule has 136 valence electrons. The van der Waals surface area contributed by atoms with Crippen LogP contribution in [0, 0.1) is 0 Å². The topological polar surface area (TPSA) is 85.8 Å². The minimum Gasteiger partial charge on any atom is -0.341 e. The zero-order valence-electron chi connectivity index (χ0n) is 13.9. The van der Waals surface area contributed by atoms with Crippen LogP contribution in [-0.2, 0) is 13.5 Å². The van der Waals surface area contributed by atoms with E-state index in [0.717, 1.165) is 21.9 Å². The van der Waals surface area contributed by atoms with Crippen molar-refractivity contribution in [3.05, 3.63) is 46.2 Å². The number of hydrogen-bond acceptors (Lipinski definition) is 5. The molecule has 0 bridgehead atoms. The van der Waals surface area contributed by atoms with Gasteiger partial charge in [-0.2, -0.15) is 0 Å². The number of amides is 1. The molecule has 0 aliphatic heterocycles. The van der Waals surface area contributed by atoms with Gasteiger partial charge in [-0.15, -0.1) is 36.2 Å². The first-order valence-electron chi connectivity index (χ1n) is 7.47. The Bertz CT molecular complexity index is 848. The van der Waals surface area contributed by atoms with Crippen molar-refractivity contribution in [2.75, 3.05) is 6.54 Å². The lowest BCUT2D eigenvalue weighted by Crippen LogP contribution is -2.28. The summed E-state index contributed by atoms with van der Waals surface area (Å²) >= 11 is 1.46. The minimum atomic E-state index is -0.209. The summed E-state index contributed by atoms with van der Waals surface area (Å²) in [5.41, 5.74) is 7.91. The van der Waals surface area contributed by atoms with Crippen LogP contribution in [0.3, 0.4) is 0 Å². The highest BCUT2D eigenvalue weighted by Crippen LogP contribution is 2.19. The third-order valence-electron chi connectivity index (χ3n) is 3.70. The SMILES string of the molecule is CC(NC(=O)c1csc(CCN)n1)c1nc2ccccc2n1C.Cl.Cl. The smallest absolute Gasteiger partial charge is 0.271 e. The van der Waals surface area contributed by atoms with Crippen LogP contribution in [0.25, 0.3) is 11.0 Å². The molecule has 1 atom stereocenters. The van der Waals surface area contributed by atoms with Crippen molar-refractivity contribution in [2.45, 2.75) is 19.4 Å². The molecule has 9 heteroatoms. The van der Waals surface area contributed by atoms with Crippen molar-refractivity contribution in [3.8, 4) is 0 Å². The number of hydrogen-bond donors (Lipinski definition) is 2. The molecule has 0 saturated carbocycles. The van der Waals surface area contributed by atoms with Gasteiger partial charge in [0.15, 0.2) is 0 Å². The van der Waals surface area contributed by atoms with E-state index in [1.54, 1.807) is 5.38 Å². The van der Waals surface area contributed by atoms with Crippen LogP contribution in [0.1, 0.15) is 34.3 Å². The van der Waals surface area contributed by atoms with E-state index in [4.69, 9.17) is 5.73 Å². The van der Waals surface area contributed by atoms with E-state index in [0.29, 0.717) is 18.7 Å². The molecular formula is C16H21Cl2N5OS. The number of thiazole rings is 1. The summed E-state index contributed by atoms with van der Waals surface area (Å²) in [4.78, 5) is 21.3. The second-order valence-corrected chi connectivity index (χ2v) is 6.32. The van der Waals surface area contributed by atoms with Gasteiger partial charge in [-0.25, -0.2) is 9.97 Å². The minimum absolute atomic E-state index is 0. The van der Waals surface area contributed by atoms with Crippen LogP contribution in [0.15, 0.2) is 29.6 Å². The van der Waals surface area contributed by atoms with Gasteiger partial charge in [0.1, 0.15) is 11.5 Å². The molecule has 3 aromatic rings. The fourth-order valence-electron chi connectivity index (χ4n) is 2.54. The number of rotatable bonds is 5. The maximum Gasteiger partial charge on any atom is 0.271 e. The lowest BCUT2D eigenvalue weighted by atomic mass is 10.3. The first kappa shape index (κ1) is 21.4. The van der Waals surface area contributed by atoms with Crippen LogP contribution in [0.4, 0.5) is 0 Å². The number of imidazole rings is 1. The maximum atomic E-state index is 12.3. The average molecular weight is 402 g/mol. The predicted molar refractivity (Wildman–Crippen MR) is 106 cm³/mol. The molecule has 0 aliphatic carbocycles. The predicted octanol–water partition coefficient (Wildman–Crippen LogP) is 2.87. The van der Waals surface area contributed by atoms with Crippen molar-refractivity contribution in [1.29, 1.82) is 0 Å². The van der Waals surface area contributed by atoms with E-state index in [9.17, 15) is 4.79 Å². The molecule has 0 aliphatic rings. The Kier molecular flexibility index (Phi) is 7.82. The van der Waals surface area contributed by atoms with E-state index in [2.05, 4.69) is 15.3 Å². The third kappa shape index (κ3) is 4.49. The number of halogens is 2. The number of aryl methyl sites for hydroxylation is 1. The third-order valence-corrected chi connectivity index (χ3v) is 4.61. The molecule has 0 radical (unpaired) electrons. The lowest BCUT2D eigenvalue weighted by Gasteiger charge is -2.13. The second kappa shape index (κ2) is 9.15. The largest absolute Gasteiger partial charge is 0.341 e. The molecule has 2 heterocycles. The fraction of sp³-hybridized carbons (Fsp3) is 0.312. The van der Waals surface area contributed by atoms with Crippen molar-refractivity contribution in [2.24, 2.45) is 12.8 Å². The molecule has 3 N–H and O–H groups in total. The molecule has 0 spiro atoms. The van der Waals surface area contributed by atoms with Gasteiger partial charge in [-0.1, -0.05) is 12.1 Å². The van der Waals surface area contributed by atoms with Crippen molar-refractivity contribution < 1.29 is 4.79 Å². The van der Waals surface area contributed by atoms with Crippen LogP contribution in [-0.4, -0.2) is 27.0 Å². The number of para-hydroxylation sites is 2. The number of aromatic nitrogens is 3. The lowest BCUT2D eigenvalue weighted by molar-refractivity contribution is 0.0933.